The van der Waals surface area contributed by atoms with Gasteiger partial charge in [0.25, 0.3) is 5.56 Å². The number of hydrogen-bond donors (Lipinski definition) is 1. The third-order valence-electron chi connectivity index (χ3n) is 5.61. The molecule has 0 spiro atoms. The van der Waals surface area contributed by atoms with Gasteiger partial charge < -0.3 is 9.84 Å². The lowest BCUT2D eigenvalue weighted by Gasteiger charge is -2.19. The van der Waals surface area contributed by atoms with E-state index in [0.29, 0.717) is 22.2 Å². The zero-order valence-corrected chi connectivity index (χ0v) is 18.3. The van der Waals surface area contributed by atoms with Crippen LogP contribution in [0.2, 0.25) is 0 Å². The second-order valence-corrected chi connectivity index (χ2v) is 7.70. The number of rotatable bonds is 3. The predicted octanol–water partition coefficient (Wildman–Crippen LogP) is 3.01. The van der Waals surface area contributed by atoms with E-state index in [0.717, 1.165) is 4.57 Å². The Hall–Kier alpha value is -5.23. The first-order valence-electron chi connectivity index (χ1n) is 10.4. The van der Waals surface area contributed by atoms with Gasteiger partial charge in [-0.25, -0.2) is 14.2 Å². The number of nitrogens with zero attached hydrogens (tertiary/aromatic N) is 4. The van der Waals surface area contributed by atoms with Crippen molar-refractivity contribution in [1.82, 2.24) is 14.1 Å². The van der Waals surface area contributed by atoms with Crippen LogP contribution >= 0.6 is 0 Å². The van der Waals surface area contributed by atoms with Crippen molar-refractivity contribution in [3.63, 3.8) is 0 Å². The number of phenols is 1. The monoisotopic (exact) mass is 464 g/mol. The summed E-state index contributed by atoms with van der Waals surface area (Å²) < 4.78 is 7.23. The van der Waals surface area contributed by atoms with E-state index in [-0.39, 0.29) is 28.4 Å². The van der Waals surface area contributed by atoms with Crippen LogP contribution in [0.1, 0.15) is 15.9 Å². The standard InChI is InChI=1S/C26H16N4O5/c1-35-25(33)17-3-2-4-19(12-17)30-24(32)21-13-16-6-5-15(14-27)11-22(16)29(23(21)28-26(30)34)18-7-9-20(31)10-8-18/h2-13,31H,1H3. The van der Waals surface area contributed by atoms with Crippen LogP contribution < -0.4 is 11.2 Å². The molecule has 0 fully saturated rings. The molecule has 2 aliphatic heterocycles. The number of ether oxygens (including phenoxy) is 1. The molecule has 0 aliphatic carbocycles. The molecule has 0 atom stereocenters. The lowest BCUT2D eigenvalue weighted by Crippen LogP contribution is -2.36. The molecule has 0 bridgehead atoms. The SMILES string of the molecule is COC(=O)c1cccc(-n2c(=O)nc3n(-c4ccc(O)cc4)c4cc(C#N)ccc4cc-3c2=O)c1. The van der Waals surface area contributed by atoms with Crippen LogP contribution in [0.15, 0.2) is 82.4 Å². The zero-order chi connectivity index (χ0) is 24.7. The molecule has 0 radical (unpaired) electrons. The third kappa shape index (κ3) is 3.59. The first-order chi connectivity index (χ1) is 16.9. The average molecular weight is 464 g/mol. The van der Waals surface area contributed by atoms with Crippen molar-refractivity contribution in [2.45, 2.75) is 0 Å². The summed E-state index contributed by atoms with van der Waals surface area (Å²) in [4.78, 5) is 42.9. The molecule has 2 aliphatic rings. The molecule has 3 aromatic carbocycles. The van der Waals surface area contributed by atoms with Crippen molar-refractivity contribution in [3.05, 3.63) is 105 Å². The van der Waals surface area contributed by atoms with Crippen molar-refractivity contribution >= 4 is 16.9 Å². The van der Waals surface area contributed by atoms with E-state index < -0.39 is 17.2 Å². The van der Waals surface area contributed by atoms with Crippen LogP contribution in [0, 0.1) is 11.3 Å². The van der Waals surface area contributed by atoms with E-state index in [2.05, 4.69) is 11.1 Å². The molecular weight excluding hydrogens is 448 g/mol. The van der Waals surface area contributed by atoms with E-state index >= 15 is 0 Å². The highest BCUT2D eigenvalue weighted by Gasteiger charge is 2.22. The van der Waals surface area contributed by atoms with Crippen LogP contribution in [0.3, 0.4) is 0 Å². The second kappa shape index (κ2) is 8.28. The highest BCUT2D eigenvalue weighted by atomic mass is 16.5. The lowest BCUT2D eigenvalue weighted by molar-refractivity contribution is 0.0600. The number of aromatic nitrogens is 3. The van der Waals surface area contributed by atoms with Crippen molar-refractivity contribution in [1.29, 1.82) is 5.26 Å². The molecule has 3 aromatic rings. The number of benzene rings is 3. The second-order valence-electron chi connectivity index (χ2n) is 7.70. The largest absolute Gasteiger partial charge is 0.508 e. The number of aromatic hydroxyl groups is 1. The molecule has 0 saturated carbocycles. The average Bonchev–Trinajstić information content (AvgIpc) is 2.88. The quantitative estimate of drug-likeness (QED) is 0.321. The molecular formula is C26H16N4O5. The first kappa shape index (κ1) is 21.6. The molecule has 0 amide bonds. The molecule has 9 nitrogen and oxygen atoms in total. The number of fused-ring (bicyclic) bond motifs is 2. The Morgan fingerprint density at radius 2 is 1.74 bits per heavy atom. The molecule has 35 heavy (non-hydrogen) atoms. The summed E-state index contributed by atoms with van der Waals surface area (Å²) in [6.45, 7) is 0. The Bertz CT molecular complexity index is 1760. The fourth-order valence-electron chi connectivity index (χ4n) is 3.98. The Kier molecular flexibility index (Phi) is 5.11. The topological polar surface area (TPSA) is 127 Å². The highest BCUT2D eigenvalue weighted by molar-refractivity contribution is 5.90. The van der Waals surface area contributed by atoms with Gasteiger partial charge in [0.05, 0.1) is 41.1 Å². The number of methoxy groups -OCH3 is 1. The van der Waals surface area contributed by atoms with E-state index in [9.17, 15) is 24.8 Å². The fraction of sp³-hybridized carbons (Fsp3) is 0.0385. The number of carbonyl (C=O) groups excluding carboxylic acids is 1. The zero-order valence-electron chi connectivity index (χ0n) is 18.3. The smallest absolute Gasteiger partial charge is 0.357 e. The summed E-state index contributed by atoms with van der Waals surface area (Å²) in [5, 5.41) is 19.8. The molecule has 1 N–H and O–H groups in total. The molecule has 170 valence electrons. The van der Waals surface area contributed by atoms with Crippen molar-refractivity contribution in [2.24, 2.45) is 0 Å². The number of nitriles is 1. The van der Waals surface area contributed by atoms with Crippen LogP contribution in [0.25, 0.3) is 33.7 Å². The van der Waals surface area contributed by atoms with Gasteiger partial charge >= 0.3 is 11.7 Å². The maximum Gasteiger partial charge on any atom is 0.357 e. The fourth-order valence-corrected chi connectivity index (χ4v) is 3.98. The van der Waals surface area contributed by atoms with E-state index in [1.54, 1.807) is 41.0 Å². The Labute approximate surface area is 197 Å². The highest BCUT2D eigenvalue weighted by Crippen LogP contribution is 2.29. The number of phenolic OH excluding ortho intramolecular Hbond substituents is 1. The van der Waals surface area contributed by atoms with E-state index in [1.165, 1.54) is 43.5 Å². The van der Waals surface area contributed by atoms with Gasteiger partial charge in [0.2, 0.25) is 0 Å². The normalized spacial score (nSPS) is 10.9. The predicted molar refractivity (Wildman–Crippen MR) is 127 cm³/mol. The molecule has 2 heterocycles. The summed E-state index contributed by atoms with van der Waals surface area (Å²) in [5.41, 5.74) is 0.516. The maximum absolute atomic E-state index is 13.6. The first-order valence-corrected chi connectivity index (χ1v) is 10.4. The summed E-state index contributed by atoms with van der Waals surface area (Å²) in [7, 11) is 1.24. The van der Waals surface area contributed by atoms with Gasteiger partial charge in [-0.05, 0) is 66.0 Å². The van der Waals surface area contributed by atoms with Crippen LogP contribution in [-0.2, 0) is 4.74 Å². The third-order valence-corrected chi connectivity index (χ3v) is 5.61. The molecule has 0 saturated heterocycles. The van der Waals surface area contributed by atoms with Gasteiger partial charge in [-0.15, -0.1) is 0 Å². The lowest BCUT2D eigenvalue weighted by atomic mass is 10.1. The number of hydrogen-bond acceptors (Lipinski definition) is 7. The van der Waals surface area contributed by atoms with Gasteiger partial charge in [-0.1, -0.05) is 12.1 Å². The van der Waals surface area contributed by atoms with Gasteiger partial charge in [0.15, 0.2) is 5.82 Å². The van der Waals surface area contributed by atoms with Crippen molar-refractivity contribution in [3.8, 4) is 34.6 Å². The number of carbonyl (C=O) groups is 1. The minimum absolute atomic E-state index is 0.0434. The Balaban J connectivity index is 1.88. The van der Waals surface area contributed by atoms with Crippen LogP contribution in [-0.4, -0.2) is 32.3 Å². The van der Waals surface area contributed by atoms with E-state index in [4.69, 9.17) is 4.74 Å². The molecule has 0 aromatic heterocycles. The van der Waals surface area contributed by atoms with Crippen LogP contribution in [0.5, 0.6) is 5.75 Å². The summed E-state index contributed by atoms with van der Waals surface area (Å²) >= 11 is 0. The Morgan fingerprint density at radius 3 is 2.46 bits per heavy atom. The van der Waals surface area contributed by atoms with Crippen molar-refractivity contribution < 1.29 is 14.6 Å². The Morgan fingerprint density at radius 1 is 0.971 bits per heavy atom. The van der Waals surface area contributed by atoms with Gasteiger partial charge in [0.1, 0.15) is 5.75 Å². The van der Waals surface area contributed by atoms with Gasteiger partial charge in [0, 0.05) is 5.69 Å². The summed E-state index contributed by atoms with van der Waals surface area (Å²) in [6, 6.07) is 20.8. The minimum atomic E-state index is -0.840. The summed E-state index contributed by atoms with van der Waals surface area (Å²) in [5.74, 6) is -0.471. The molecule has 9 heteroatoms. The summed E-state index contributed by atoms with van der Waals surface area (Å²) in [6.07, 6.45) is 0. The minimum Gasteiger partial charge on any atom is -0.508 e. The number of pyridine rings is 1. The van der Waals surface area contributed by atoms with Gasteiger partial charge in [-0.2, -0.15) is 10.2 Å². The maximum atomic E-state index is 13.6. The molecule has 5 rings (SSSR count). The van der Waals surface area contributed by atoms with Gasteiger partial charge in [-0.3, -0.25) is 9.36 Å². The number of esters is 1. The van der Waals surface area contributed by atoms with E-state index in [1.807, 2.05) is 0 Å². The molecule has 0 unspecified atom stereocenters. The van der Waals surface area contributed by atoms with Crippen LogP contribution in [0.4, 0.5) is 0 Å². The van der Waals surface area contributed by atoms with Crippen molar-refractivity contribution in [2.75, 3.05) is 7.11 Å².